The highest BCUT2D eigenvalue weighted by atomic mass is 35.5. The maximum absolute atomic E-state index is 6.19. The van der Waals surface area contributed by atoms with Gasteiger partial charge in [-0.05, 0) is 31.2 Å². The van der Waals surface area contributed by atoms with Crippen molar-refractivity contribution in [2.24, 2.45) is 0 Å². The maximum Gasteiger partial charge on any atom is 0.148 e. The highest BCUT2D eigenvalue weighted by Gasteiger charge is 2.10. The molecule has 3 aromatic rings. The zero-order chi connectivity index (χ0) is 14.3. The lowest BCUT2D eigenvalue weighted by Gasteiger charge is -2.07. The third-order valence-corrected chi connectivity index (χ3v) is 3.95. The Labute approximate surface area is 131 Å². The number of fused-ring (bicyclic) bond motifs is 1. The van der Waals surface area contributed by atoms with E-state index in [4.69, 9.17) is 34.8 Å². The lowest BCUT2D eigenvalue weighted by molar-refractivity contribution is 1.25. The minimum atomic E-state index is 0.244. The zero-order valence-electron chi connectivity index (χ0n) is 10.5. The van der Waals surface area contributed by atoms with Crippen LogP contribution in [0, 0.1) is 6.92 Å². The van der Waals surface area contributed by atoms with Crippen LogP contribution in [0.15, 0.2) is 36.4 Å². The Balaban J connectivity index is 2.20. The number of aromatic nitrogens is 2. The molecule has 0 saturated heterocycles. The van der Waals surface area contributed by atoms with Crippen LogP contribution in [0.4, 0.5) is 0 Å². The number of pyridine rings is 2. The molecule has 0 fully saturated rings. The van der Waals surface area contributed by atoms with Crippen LogP contribution in [0.2, 0.25) is 15.2 Å². The van der Waals surface area contributed by atoms with Crippen molar-refractivity contribution in [2.45, 2.75) is 6.92 Å². The quantitative estimate of drug-likeness (QED) is 0.547. The molecule has 1 aromatic carbocycles. The SMILES string of the molecule is Cc1ccc2cc(-c3nc(Cl)c(Cl)cc3Cl)ccc2n1. The predicted octanol–water partition coefficient (Wildman–Crippen LogP) is 5.57. The molecule has 0 N–H and O–H groups in total. The molecule has 2 aromatic heterocycles. The van der Waals surface area contributed by atoms with E-state index < -0.39 is 0 Å². The number of rotatable bonds is 1. The summed E-state index contributed by atoms with van der Waals surface area (Å²) in [5, 5.41) is 2.09. The average molecular weight is 324 g/mol. The van der Waals surface area contributed by atoms with Crippen molar-refractivity contribution in [3.63, 3.8) is 0 Å². The highest BCUT2D eigenvalue weighted by molar-refractivity contribution is 6.43. The monoisotopic (exact) mass is 322 g/mol. The van der Waals surface area contributed by atoms with E-state index in [0.29, 0.717) is 15.7 Å². The fourth-order valence-electron chi connectivity index (χ4n) is 2.02. The summed E-state index contributed by atoms with van der Waals surface area (Å²) in [5.74, 6) is 0. The Bertz CT molecular complexity index is 816. The van der Waals surface area contributed by atoms with Crippen LogP contribution in [0.25, 0.3) is 22.2 Å². The van der Waals surface area contributed by atoms with Gasteiger partial charge in [-0.25, -0.2) is 4.98 Å². The van der Waals surface area contributed by atoms with Crippen LogP contribution >= 0.6 is 34.8 Å². The molecule has 3 rings (SSSR count). The van der Waals surface area contributed by atoms with E-state index in [1.807, 2.05) is 37.3 Å². The van der Waals surface area contributed by atoms with Gasteiger partial charge in [-0.2, -0.15) is 0 Å². The fourth-order valence-corrected chi connectivity index (χ4v) is 2.63. The molecule has 2 nitrogen and oxygen atoms in total. The Kier molecular flexibility index (Phi) is 3.55. The molecule has 5 heteroatoms. The molecule has 100 valence electrons. The molecule has 0 bridgehead atoms. The van der Waals surface area contributed by atoms with Crippen molar-refractivity contribution in [3.8, 4) is 11.3 Å². The van der Waals surface area contributed by atoms with Gasteiger partial charge < -0.3 is 0 Å². The molecule has 0 unspecified atom stereocenters. The lowest BCUT2D eigenvalue weighted by atomic mass is 10.1. The van der Waals surface area contributed by atoms with Crippen molar-refractivity contribution < 1.29 is 0 Å². The summed E-state index contributed by atoms with van der Waals surface area (Å²) >= 11 is 18.0. The van der Waals surface area contributed by atoms with Gasteiger partial charge in [-0.15, -0.1) is 0 Å². The highest BCUT2D eigenvalue weighted by Crippen LogP contribution is 2.33. The Morgan fingerprint density at radius 1 is 0.850 bits per heavy atom. The third-order valence-electron chi connectivity index (χ3n) is 2.99. The molecular formula is C15H9Cl3N2. The van der Waals surface area contributed by atoms with Gasteiger partial charge in [-0.1, -0.05) is 46.9 Å². The van der Waals surface area contributed by atoms with Crippen LogP contribution in [-0.4, -0.2) is 9.97 Å². The normalized spacial score (nSPS) is 11.0. The molecule has 0 aliphatic rings. The maximum atomic E-state index is 6.19. The Morgan fingerprint density at radius 2 is 1.65 bits per heavy atom. The van der Waals surface area contributed by atoms with E-state index >= 15 is 0 Å². The summed E-state index contributed by atoms with van der Waals surface area (Å²) in [6, 6.07) is 11.4. The first-order valence-corrected chi connectivity index (χ1v) is 7.07. The van der Waals surface area contributed by atoms with Crippen LogP contribution in [0.5, 0.6) is 0 Å². The minimum Gasteiger partial charge on any atom is -0.253 e. The van der Waals surface area contributed by atoms with Gasteiger partial charge in [0.2, 0.25) is 0 Å². The molecule has 20 heavy (non-hydrogen) atoms. The Hall–Kier alpha value is -1.35. The van der Waals surface area contributed by atoms with Gasteiger partial charge in [0.15, 0.2) is 0 Å². The predicted molar refractivity (Wildman–Crippen MR) is 84.7 cm³/mol. The number of hydrogen-bond donors (Lipinski definition) is 0. The minimum absolute atomic E-state index is 0.244. The molecule has 0 aliphatic heterocycles. The second-order valence-electron chi connectivity index (χ2n) is 4.45. The van der Waals surface area contributed by atoms with Crippen molar-refractivity contribution in [1.29, 1.82) is 0 Å². The number of nitrogens with zero attached hydrogens (tertiary/aromatic N) is 2. The molecule has 0 aliphatic carbocycles. The molecular weight excluding hydrogens is 315 g/mol. The molecule has 0 saturated carbocycles. The van der Waals surface area contributed by atoms with Gasteiger partial charge in [0.25, 0.3) is 0 Å². The van der Waals surface area contributed by atoms with Crippen LogP contribution in [0.3, 0.4) is 0 Å². The summed E-state index contributed by atoms with van der Waals surface area (Å²) in [6.45, 7) is 1.96. The number of benzene rings is 1. The summed E-state index contributed by atoms with van der Waals surface area (Å²) < 4.78 is 0. The van der Waals surface area contributed by atoms with Crippen LogP contribution in [-0.2, 0) is 0 Å². The first-order valence-electron chi connectivity index (χ1n) is 5.94. The van der Waals surface area contributed by atoms with E-state index in [9.17, 15) is 0 Å². The molecule has 0 atom stereocenters. The van der Waals surface area contributed by atoms with Crippen LogP contribution in [0.1, 0.15) is 5.69 Å². The first kappa shape index (κ1) is 13.6. The summed E-state index contributed by atoms with van der Waals surface area (Å²) in [7, 11) is 0. The first-order chi connectivity index (χ1) is 9.54. The number of aryl methyl sites for hydroxylation is 1. The molecule has 0 spiro atoms. The third kappa shape index (κ3) is 2.47. The summed E-state index contributed by atoms with van der Waals surface area (Å²) in [4.78, 5) is 8.71. The van der Waals surface area contributed by atoms with Gasteiger partial charge in [0.1, 0.15) is 5.15 Å². The van der Waals surface area contributed by atoms with E-state index in [1.165, 1.54) is 0 Å². The summed E-state index contributed by atoms with van der Waals surface area (Å²) in [5.41, 5.74) is 3.41. The molecule has 0 radical (unpaired) electrons. The van der Waals surface area contributed by atoms with Gasteiger partial charge in [0, 0.05) is 16.6 Å². The lowest BCUT2D eigenvalue weighted by Crippen LogP contribution is -1.89. The van der Waals surface area contributed by atoms with E-state index in [1.54, 1.807) is 6.07 Å². The van der Waals surface area contributed by atoms with Crippen molar-refractivity contribution >= 4 is 45.7 Å². The van der Waals surface area contributed by atoms with Gasteiger partial charge >= 0.3 is 0 Å². The van der Waals surface area contributed by atoms with Gasteiger partial charge in [0.05, 0.1) is 21.3 Å². The number of halogens is 3. The smallest absolute Gasteiger partial charge is 0.148 e. The average Bonchev–Trinajstić information content (AvgIpc) is 2.42. The van der Waals surface area contributed by atoms with Crippen molar-refractivity contribution in [1.82, 2.24) is 9.97 Å². The van der Waals surface area contributed by atoms with E-state index in [2.05, 4.69) is 9.97 Å². The second kappa shape index (κ2) is 5.21. The molecule has 0 amide bonds. The summed E-state index contributed by atoms with van der Waals surface area (Å²) in [6.07, 6.45) is 0. The second-order valence-corrected chi connectivity index (χ2v) is 5.62. The van der Waals surface area contributed by atoms with Crippen LogP contribution < -0.4 is 0 Å². The fraction of sp³-hybridized carbons (Fsp3) is 0.0667. The Morgan fingerprint density at radius 3 is 2.45 bits per heavy atom. The van der Waals surface area contributed by atoms with E-state index in [-0.39, 0.29) is 5.15 Å². The van der Waals surface area contributed by atoms with Gasteiger partial charge in [-0.3, -0.25) is 4.98 Å². The molecule has 2 heterocycles. The largest absolute Gasteiger partial charge is 0.253 e. The standard InChI is InChI=1S/C15H9Cl3N2/c1-8-2-3-9-6-10(4-5-13(9)19-8)14-11(16)7-12(17)15(18)20-14/h2-7H,1H3. The van der Waals surface area contributed by atoms with E-state index in [0.717, 1.165) is 22.2 Å². The topological polar surface area (TPSA) is 25.8 Å². The van der Waals surface area contributed by atoms with Crippen molar-refractivity contribution in [2.75, 3.05) is 0 Å². The van der Waals surface area contributed by atoms with Crippen molar-refractivity contribution in [3.05, 3.63) is 57.3 Å². The zero-order valence-corrected chi connectivity index (χ0v) is 12.8. The number of hydrogen-bond acceptors (Lipinski definition) is 2.